The lowest BCUT2D eigenvalue weighted by Gasteiger charge is -2.36. The molecule has 6 heteroatoms. The highest BCUT2D eigenvalue weighted by molar-refractivity contribution is 5.87. The quantitative estimate of drug-likeness (QED) is 0.559. The molecule has 0 N–H and O–H groups in total. The van der Waals surface area contributed by atoms with E-state index in [4.69, 9.17) is 9.47 Å². The molecule has 4 rings (SSSR count). The minimum atomic E-state index is -0.358. The zero-order valence-electron chi connectivity index (χ0n) is 18.7. The molecule has 6 nitrogen and oxygen atoms in total. The first-order valence-corrected chi connectivity index (χ1v) is 11.1. The summed E-state index contributed by atoms with van der Waals surface area (Å²) in [5.74, 6) is 0.730. The van der Waals surface area contributed by atoms with E-state index in [0.29, 0.717) is 37.7 Å². The van der Waals surface area contributed by atoms with Crippen LogP contribution < -0.4 is 9.47 Å². The number of rotatable bonds is 7. The standard InChI is InChI=1S/C27H28N2O4/c1-32-23-14-8-9-15-24(23)33-20-25(30)28-16-18-29(19-17-28)27(31)26(21-10-4-2-5-11-21)22-12-6-3-7-13-22/h2-15,26H,16-20H2,1H3. The van der Waals surface area contributed by atoms with Crippen LogP contribution in [0.3, 0.4) is 0 Å². The van der Waals surface area contributed by atoms with Crippen molar-refractivity contribution < 1.29 is 19.1 Å². The predicted molar refractivity (Wildman–Crippen MR) is 126 cm³/mol. The average molecular weight is 445 g/mol. The van der Waals surface area contributed by atoms with Crippen LogP contribution in [0.25, 0.3) is 0 Å². The van der Waals surface area contributed by atoms with E-state index in [9.17, 15) is 9.59 Å². The van der Waals surface area contributed by atoms with Gasteiger partial charge in [-0.3, -0.25) is 9.59 Å². The van der Waals surface area contributed by atoms with E-state index in [0.717, 1.165) is 11.1 Å². The second-order valence-corrected chi connectivity index (χ2v) is 7.90. The molecule has 1 heterocycles. The van der Waals surface area contributed by atoms with E-state index in [2.05, 4.69) is 0 Å². The van der Waals surface area contributed by atoms with Gasteiger partial charge in [-0.15, -0.1) is 0 Å². The van der Waals surface area contributed by atoms with Crippen LogP contribution in [0.1, 0.15) is 17.0 Å². The summed E-state index contributed by atoms with van der Waals surface area (Å²) >= 11 is 0. The number of methoxy groups -OCH3 is 1. The molecule has 0 bridgehead atoms. The van der Waals surface area contributed by atoms with Crippen molar-refractivity contribution in [2.75, 3.05) is 39.9 Å². The van der Waals surface area contributed by atoms with Crippen LogP contribution in [-0.2, 0) is 9.59 Å². The van der Waals surface area contributed by atoms with Crippen LogP contribution in [0, 0.1) is 0 Å². The number of hydrogen-bond acceptors (Lipinski definition) is 4. The fourth-order valence-corrected chi connectivity index (χ4v) is 4.10. The molecule has 0 spiro atoms. The van der Waals surface area contributed by atoms with Gasteiger partial charge in [0.25, 0.3) is 5.91 Å². The van der Waals surface area contributed by atoms with Crippen LogP contribution >= 0.6 is 0 Å². The number of nitrogens with zero attached hydrogens (tertiary/aromatic N) is 2. The number of carbonyl (C=O) groups excluding carboxylic acids is 2. The summed E-state index contributed by atoms with van der Waals surface area (Å²) < 4.78 is 10.9. The van der Waals surface area contributed by atoms with Crippen molar-refractivity contribution in [1.82, 2.24) is 9.80 Å². The van der Waals surface area contributed by atoms with Crippen LogP contribution in [0.5, 0.6) is 11.5 Å². The second kappa shape index (κ2) is 10.7. The Morgan fingerprint density at radius 3 is 1.76 bits per heavy atom. The maximum absolute atomic E-state index is 13.5. The van der Waals surface area contributed by atoms with Crippen molar-refractivity contribution in [3.05, 3.63) is 96.1 Å². The van der Waals surface area contributed by atoms with Gasteiger partial charge in [-0.25, -0.2) is 0 Å². The van der Waals surface area contributed by atoms with E-state index in [-0.39, 0.29) is 24.3 Å². The van der Waals surface area contributed by atoms with Crippen molar-refractivity contribution in [3.8, 4) is 11.5 Å². The number of hydrogen-bond donors (Lipinski definition) is 0. The predicted octanol–water partition coefficient (Wildman–Crippen LogP) is 3.58. The first-order chi connectivity index (χ1) is 16.2. The zero-order chi connectivity index (χ0) is 23.0. The van der Waals surface area contributed by atoms with Crippen LogP contribution in [0.2, 0.25) is 0 Å². The molecule has 0 saturated carbocycles. The average Bonchev–Trinajstić information content (AvgIpc) is 2.89. The molecule has 3 aromatic carbocycles. The van der Waals surface area contributed by atoms with Gasteiger partial charge < -0.3 is 19.3 Å². The van der Waals surface area contributed by atoms with Crippen molar-refractivity contribution in [2.24, 2.45) is 0 Å². The fourth-order valence-electron chi connectivity index (χ4n) is 4.10. The van der Waals surface area contributed by atoms with Crippen molar-refractivity contribution in [1.29, 1.82) is 0 Å². The Morgan fingerprint density at radius 2 is 1.21 bits per heavy atom. The van der Waals surface area contributed by atoms with E-state index in [1.165, 1.54) is 0 Å². The Labute approximate surface area is 194 Å². The molecule has 1 aliphatic rings. The number of carbonyl (C=O) groups is 2. The second-order valence-electron chi connectivity index (χ2n) is 7.90. The molecule has 3 aromatic rings. The van der Waals surface area contributed by atoms with Crippen molar-refractivity contribution in [2.45, 2.75) is 5.92 Å². The Kier molecular flexibility index (Phi) is 7.25. The van der Waals surface area contributed by atoms with Gasteiger partial charge in [0.05, 0.1) is 13.0 Å². The Balaban J connectivity index is 1.38. The number of para-hydroxylation sites is 2. The molecular weight excluding hydrogens is 416 g/mol. The number of benzene rings is 3. The summed E-state index contributed by atoms with van der Waals surface area (Å²) in [5.41, 5.74) is 1.94. The van der Waals surface area contributed by atoms with Crippen molar-refractivity contribution in [3.63, 3.8) is 0 Å². The van der Waals surface area contributed by atoms with Gasteiger partial charge in [0.1, 0.15) is 0 Å². The highest BCUT2D eigenvalue weighted by atomic mass is 16.5. The third kappa shape index (κ3) is 5.34. The van der Waals surface area contributed by atoms with Gasteiger partial charge in [-0.2, -0.15) is 0 Å². The lowest BCUT2D eigenvalue weighted by Crippen LogP contribution is -2.52. The Morgan fingerprint density at radius 1 is 0.727 bits per heavy atom. The molecule has 0 radical (unpaired) electrons. The molecule has 170 valence electrons. The largest absolute Gasteiger partial charge is 0.493 e. The number of amides is 2. The molecule has 0 aliphatic carbocycles. The van der Waals surface area contributed by atoms with Crippen LogP contribution in [0.4, 0.5) is 0 Å². The minimum Gasteiger partial charge on any atom is -0.493 e. The molecule has 1 saturated heterocycles. The third-order valence-corrected chi connectivity index (χ3v) is 5.88. The molecule has 0 atom stereocenters. The number of piperazine rings is 1. The zero-order valence-corrected chi connectivity index (χ0v) is 18.7. The smallest absolute Gasteiger partial charge is 0.260 e. The molecule has 1 aliphatic heterocycles. The highest BCUT2D eigenvalue weighted by Crippen LogP contribution is 2.28. The molecule has 0 unspecified atom stereocenters. The maximum atomic E-state index is 13.5. The normalized spacial score (nSPS) is 13.6. The minimum absolute atomic E-state index is 0.0600. The lowest BCUT2D eigenvalue weighted by molar-refractivity contribution is -0.141. The van der Waals surface area contributed by atoms with E-state index in [1.54, 1.807) is 24.1 Å². The van der Waals surface area contributed by atoms with E-state index < -0.39 is 0 Å². The SMILES string of the molecule is COc1ccccc1OCC(=O)N1CCN(C(=O)C(c2ccccc2)c2ccccc2)CC1. The van der Waals surface area contributed by atoms with Gasteiger partial charge in [-0.1, -0.05) is 72.8 Å². The van der Waals surface area contributed by atoms with E-state index >= 15 is 0 Å². The van der Waals surface area contributed by atoms with Crippen LogP contribution in [0.15, 0.2) is 84.9 Å². The topological polar surface area (TPSA) is 59.1 Å². The van der Waals surface area contributed by atoms with Crippen LogP contribution in [-0.4, -0.2) is 61.5 Å². The molecule has 0 aromatic heterocycles. The van der Waals surface area contributed by atoms with Crippen molar-refractivity contribution >= 4 is 11.8 Å². The summed E-state index contributed by atoms with van der Waals surface area (Å²) in [7, 11) is 1.57. The first-order valence-electron chi connectivity index (χ1n) is 11.1. The molecule has 33 heavy (non-hydrogen) atoms. The monoisotopic (exact) mass is 444 g/mol. The summed E-state index contributed by atoms with van der Waals surface area (Å²) in [5, 5.41) is 0. The fraction of sp³-hybridized carbons (Fsp3) is 0.259. The summed E-state index contributed by atoms with van der Waals surface area (Å²) in [6.07, 6.45) is 0. The highest BCUT2D eigenvalue weighted by Gasteiger charge is 2.31. The molecule has 2 amide bonds. The van der Waals surface area contributed by atoms with E-state index in [1.807, 2.05) is 77.7 Å². The summed E-state index contributed by atoms with van der Waals surface area (Å²) in [6.45, 7) is 1.89. The van der Waals surface area contributed by atoms with Gasteiger partial charge in [0, 0.05) is 26.2 Å². The Bertz CT molecular complexity index is 1020. The number of ether oxygens (including phenoxy) is 2. The van der Waals surface area contributed by atoms with Gasteiger partial charge in [0.15, 0.2) is 18.1 Å². The summed E-state index contributed by atoms with van der Waals surface area (Å²) in [6, 6.07) is 26.9. The summed E-state index contributed by atoms with van der Waals surface area (Å²) in [4.78, 5) is 29.8. The molecule has 1 fully saturated rings. The maximum Gasteiger partial charge on any atom is 0.260 e. The lowest BCUT2D eigenvalue weighted by atomic mass is 9.90. The first kappa shape index (κ1) is 22.4. The Hall–Kier alpha value is -3.80. The third-order valence-electron chi connectivity index (χ3n) is 5.88. The van der Waals surface area contributed by atoms with Gasteiger partial charge >= 0.3 is 0 Å². The van der Waals surface area contributed by atoms with Gasteiger partial charge in [0.2, 0.25) is 5.91 Å². The van der Waals surface area contributed by atoms with Gasteiger partial charge in [-0.05, 0) is 23.3 Å². The molecular formula is C27H28N2O4.